The van der Waals surface area contributed by atoms with Crippen LogP contribution in [0, 0.1) is 0 Å². The molecule has 1 amide bonds. The van der Waals surface area contributed by atoms with Gasteiger partial charge in [-0.15, -0.1) is 21.5 Å². The summed E-state index contributed by atoms with van der Waals surface area (Å²) in [7, 11) is 1.75. The number of aryl methyl sites for hydroxylation is 1. The molecule has 0 aliphatic carbocycles. The third-order valence-corrected chi connectivity index (χ3v) is 5.01. The number of carbonyl (C=O) groups is 1. The SMILES string of the molecule is CCc1ccc(-c2nnn(CC(=O)N(C)Cc3ccc(Cl)s3)n2)cc1. The molecule has 0 aliphatic heterocycles. The smallest absolute Gasteiger partial charge is 0.246 e. The van der Waals surface area contributed by atoms with Crippen LogP contribution < -0.4 is 0 Å². The maximum atomic E-state index is 12.3. The van der Waals surface area contributed by atoms with Crippen LogP contribution >= 0.6 is 22.9 Å². The fraction of sp³-hybridized carbons (Fsp3) is 0.294. The Balaban J connectivity index is 1.62. The molecule has 3 aromatic rings. The van der Waals surface area contributed by atoms with Crippen LogP contribution in [0.5, 0.6) is 0 Å². The largest absolute Gasteiger partial charge is 0.339 e. The van der Waals surface area contributed by atoms with Gasteiger partial charge in [0.25, 0.3) is 0 Å². The van der Waals surface area contributed by atoms with Gasteiger partial charge in [0.15, 0.2) is 0 Å². The lowest BCUT2D eigenvalue weighted by molar-refractivity contribution is -0.131. The number of hydrogen-bond acceptors (Lipinski definition) is 5. The molecule has 0 bridgehead atoms. The number of thiophene rings is 1. The Labute approximate surface area is 155 Å². The molecule has 0 spiro atoms. The summed E-state index contributed by atoms with van der Waals surface area (Å²) in [5.41, 5.74) is 2.14. The molecule has 0 saturated carbocycles. The van der Waals surface area contributed by atoms with Gasteiger partial charge < -0.3 is 4.90 Å². The van der Waals surface area contributed by atoms with Crippen molar-refractivity contribution in [3.05, 3.63) is 51.2 Å². The summed E-state index contributed by atoms with van der Waals surface area (Å²) < 4.78 is 0.715. The van der Waals surface area contributed by atoms with Crippen molar-refractivity contribution in [3.63, 3.8) is 0 Å². The Morgan fingerprint density at radius 3 is 2.64 bits per heavy atom. The number of halogens is 1. The number of likely N-dealkylation sites (N-methyl/N-ethyl adjacent to an activating group) is 1. The van der Waals surface area contributed by atoms with Gasteiger partial charge in [0, 0.05) is 17.5 Å². The highest BCUT2D eigenvalue weighted by Gasteiger charge is 2.14. The van der Waals surface area contributed by atoms with Crippen molar-refractivity contribution < 1.29 is 4.79 Å². The van der Waals surface area contributed by atoms with Gasteiger partial charge in [-0.3, -0.25) is 4.79 Å². The molecule has 2 aromatic heterocycles. The summed E-state index contributed by atoms with van der Waals surface area (Å²) in [4.78, 5) is 16.3. The van der Waals surface area contributed by atoms with Gasteiger partial charge in [0.05, 0.1) is 10.9 Å². The molecule has 2 heterocycles. The van der Waals surface area contributed by atoms with E-state index in [1.54, 1.807) is 11.9 Å². The Morgan fingerprint density at radius 1 is 1.24 bits per heavy atom. The van der Waals surface area contributed by atoms with E-state index in [4.69, 9.17) is 11.6 Å². The number of benzene rings is 1. The standard InChI is InChI=1S/C17H18ClN5OS/c1-3-12-4-6-13(7-5-12)17-19-21-23(20-17)11-16(24)22(2)10-14-8-9-15(18)25-14/h4-9H,3,10-11H2,1-2H3. The van der Waals surface area contributed by atoms with Crippen LogP contribution in [0.15, 0.2) is 36.4 Å². The van der Waals surface area contributed by atoms with Crippen LogP contribution in [-0.4, -0.2) is 38.1 Å². The molecule has 130 valence electrons. The van der Waals surface area contributed by atoms with E-state index in [0.29, 0.717) is 16.7 Å². The highest BCUT2D eigenvalue weighted by atomic mass is 35.5. The zero-order valence-corrected chi connectivity index (χ0v) is 15.6. The number of aromatic nitrogens is 4. The molecule has 25 heavy (non-hydrogen) atoms. The fourth-order valence-corrected chi connectivity index (χ4v) is 3.46. The zero-order chi connectivity index (χ0) is 17.8. The second kappa shape index (κ2) is 7.76. The predicted octanol–water partition coefficient (Wildman–Crippen LogP) is 3.28. The lowest BCUT2D eigenvalue weighted by Gasteiger charge is -2.15. The first kappa shape index (κ1) is 17.6. The Kier molecular flexibility index (Phi) is 5.45. The third kappa shape index (κ3) is 4.43. The van der Waals surface area contributed by atoms with E-state index in [1.807, 2.05) is 36.4 Å². The second-order valence-electron chi connectivity index (χ2n) is 5.65. The van der Waals surface area contributed by atoms with Crippen LogP contribution in [0.1, 0.15) is 17.4 Å². The summed E-state index contributed by atoms with van der Waals surface area (Å²) in [6, 6.07) is 11.8. The molecular weight excluding hydrogens is 358 g/mol. The minimum absolute atomic E-state index is 0.0512. The molecule has 0 atom stereocenters. The van der Waals surface area contributed by atoms with E-state index in [-0.39, 0.29) is 12.5 Å². The van der Waals surface area contributed by atoms with Crippen molar-refractivity contribution in [2.75, 3.05) is 7.05 Å². The fourth-order valence-electron chi connectivity index (χ4n) is 2.32. The Morgan fingerprint density at radius 2 is 2.00 bits per heavy atom. The number of hydrogen-bond donors (Lipinski definition) is 0. The molecule has 8 heteroatoms. The molecule has 3 rings (SSSR count). The Bertz CT molecular complexity index is 858. The van der Waals surface area contributed by atoms with Crippen LogP contribution in [0.4, 0.5) is 0 Å². The number of carbonyl (C=O) groups excluding carboxylic acids is 1. The number of tetrazole rings is 1. The first-order valence-corrected chi connectivity index (χ1v) is 9.10. The second-order valence-corrected chi connectivity index (χ2v) is 7.45. The van der Waals surface area contributed by atoms with Crippen LogP contribution in [-0.2, 0) is 24.3 Å². The molecule has 0 N–H and O–H groups in total. The highest BCUT2D eigenvalue weighted by Crippen LogP contribution is 2.22. The van der Waals surface area contributed by atoms with Crippen molar-refractivity contribution >= 4 is 28.8 Å². The molecule has 0 aliphatic rings. The maximum absolute atomic E-state index is 12.3. The number of rotatable bonds is 6. The normalized spacial score (nSPS) is 10.8. The van der Waals surface area contributed by atoms with Gasteiger partial charge in [0.2, 0.25) is 11.7 Å². The molecule has 0 fully saturated rings. The molecule has 1 aromatic carbocycles. The van der Waals surface area contributed by atoms with Crippen molar-refractivity contribution in [2.45, 2.75) is 26.4 Å². The van der Waals surface area contributed by atoms with Crippen LogP contribution in [0.2, 0.25) is 4.34 Å². The summed E-state index contributed by atoms with van der Waals surface area (Å²) >= 11 is 7.38. The first-order chi connectivity index (χ1) is 12.0. The molecular formula is C17H18ClN5OS. The predicted molar refractivity (Wildman–Crippen MR) is 98.4 cm³/mol. The molecule has 0 unspecified atom stereocenters. The molecule has 0 radical (unpaired) electrons. The van der Waals surface area contributed by atoms with E-state index < -0.39 is 0 Å². The summed E-state index contributed by atoms with van der Waals surface area (Å²) in [6.45, 7) is 2.67. The van der Waals surface area contributed by atoms with Crippen molar-refractivity contribution in [3.8, 4) is 11.4 Å². The first-order valence-electron chi connectivity index (χ1n) is 7.90. The van der Waals surface area contributed by atoms with Crippen LogP contribution in [0.25, 0.3) is 11.4 Å². The zero-order valence-electron chi connectivity index (χ0n) is 14.0. The van der Waals surface area contributed by atoms with E-state index in [9.17, 15) is 4.79 Å². The summed E-state index contributed by atoms with van der Waals surface area (Å²) in [5.74, 6) is 0.429. The minimum atomic E-state index is -0.0881. The van der Waals surface area contributed by atoms with Crippen molar-refractivity contribution in [1.29, 1.82) is 0 Å². The average Bonchev–Trinajstić information content (AvgIpc) is 3.24. The summed E-state index contributed by atoms with van der Waals surface area (Å²) in [5, 5.41) is 12.3. The molecule has 6 nitrogen and oxygen atoms in total. The van der Waals surface area contributed by atoms with E-state index in [0.717, 1.165) is 16.9 Å². The van der Waals surface area contributed by atoms with Crippen molar-refractivity contribution in [1.82, 2.24) is 25.1 Å². The minimum Gasteiger partial charge on any atom is -0.339 e. The van der Waals surface area contributed by atoms with Gasteiger partial charge in [-0.25, -0.2) is 0 Å². The summed E-state index contributed by atoms with van der Waals surface area (Å²) in [6.07, 6.45) is 0.983. The van der Waals surface area contributed by atoms with E-state index in [1.165, 1.54) is 21.7 Å². The third-order valence-electron chi connectivity index (χ3n) is 3.80. The van der Waals surface area contributed by atoms with E-state index >= 15 is 0 Å². The van der Waals surface area contributed by atoms with Gasteiger partial charge in [-0.05, 0) is 29.3 Å². The topological polar surface area (TPSA) is 63.9 Å². The number of amides is 1. The van der Waals surface area contributed by atoms with Crippen molar-refractivity contribution in [2.24, 2.45) is 0 Å². The van der Waals surface area contributed by atoms with Crippen LogP contribution in [0.3, 0.4) is 0 Å². The van der Waals surface area contributed by atoms with E-state index in [2.05, 4.69) is 22.3 Å². The monoisotopic (exact) mass is 375 g/mol. The molecule has 0 saturated heterocycles. The van der Waals surface area contributed by atoms with Gasteiger partial charge in [-0.2, -0.15) is 4.80 Å². The number of nitrogens with zero attached hydrogens (tertiary/aromatic N) is 5. The lowest BCUT2D eigenvalue weighted by Crippen LogP contribution is -2.30. The maximum Gasteiger partial charge on any atom is 0.246 e. The highest BCUT2D eigenvalue weighted by molar-refractivity contribution is 7.16. The average molecular weight is 376 g/mol. The quantitative estimate of drug-likeness (QED) is 0.663. The van der Waals surface area contributed by atoms with Gasteiger partial charge in [-0.1, -0.05) is 42.8 Å². The Hall–Kier alpha value is -2.25. The van der Waals surface area contributed by atoms with Gasteiger partial charge >= 0.3 is 0 Å². The van der Waals surface area contributed by atoms with Gasteiger partial charge in [0.1, 0.15) is 6.54 Å². The lowest BCUT2D eigenvalue weighted by atomic mass is 10.1.